The molecule has 4 rings (SSSR count). The monoisotopic (exact) mass is 285 g/mol. The Morgan fingerprint density at radius 3 is 2.29 bits per heavy atom. The molecule has 1 heterocycles. The lowest BCUT2D eigenvalue weighted by Crippen LogP contribution is -1.96. The van der Waals surface area contributed by atoms with Gasteiger partial charge in [-0.05, 0) is 17.4 Å². The van der Waals surface area contributed by atoms with Crippen molar-refractivity contribution in [2.45, 2.75) is 0 Å². The van der Waals surface area contributed by atoms with Gasteiger partial charge >= 0.3 is 0 Å². The lowest BCUT2D eigenvalue weighted by molar-refractivity contribution is -0.386. The van der Waals surface area contributed by atoms with Crippen LogP contribution in [0.2, 0.25) is 0 Å². The van der Waals surface area contributed by atoms with Crippen molar-refractivity contribution >= 4 is 22.5 Å². The predicted octanol–water partition coefficient (Wildman–Crippen LogP) is 2.93. The number of aromatic nitrogens is 1. The molecule has 1 aromatic heterocycles. The molecule has 0 fully saturated rings. The molecule has 0 saturated heterocycles. The predicted molar refractivity (Wildman–Crippen MR) is 71.4 cm³/mol. The summed E-state index contributed by atoms with van der Waals surface area (Å²) in [4.78, 5) is 23.4. The van der Waals surface area contributed by atoms with E-state index in [1.807, 2.05) is 6.07 Å². The van der Waals surface area contributed by atoms with Crippen LogP contribution >= 0.6 is 0 Å². The summed E-state index contributed by atoms with van der Waals surface area (Å²) < 4.78 is 4.89. The van der Waals surface area contributed by atoms with Gasteiger partial charge in [-0.3, -0.25) is 20.2 Å². The van der Waals surface area contributed by atoms with Gasteiger partial charge in [0.15, 0.2) is 12.0 Å². The molecule has 104 valence electrons. The molecule has 0 amide bonds. The van der Waals surface area contributed by atoms with Crippen LogP contribution in [0.3, 0.4) is 0 Å². The highest BCUT2D eigenvalue weighted by Crippen LogP contribution is 2.22. The second kappa shape index (κ2) is 4.67. The van der Waals surface area contributed by atoms with E-state index in [2.05, 4.69) is 4.98 Å². The molecule has 0 unspecified atom stereocenters. The lowest BCUT2D eigenvalue weighted by atomic mass is 10.1. The van der Waals surface area contributed by atoms with Gasteiger partial charge in [0.05, 0.1) is 21.1 Å². The van der Waals surface area contributed by atoms with Crippen LogP contribution < -0.4 is 0 Å². The molecule has 1 aromatic carbocycles. The van der Waals surface area contributed by atoms with Crippen LogP contribution in [0.4, 0.5) is 11.4 Å². The zero-order valence-electron chi connectivity index (χ0n) is 10.4. The molecule has 0 aliphatic heterocycles. The van der Waals surface area contributed by atoms with Crippen molar-refractivity contribution in [3.05, 3.63) is 73.5 Å². The topological polar surface area (TPSA) is 112 Å². The summed E-state index contributed by atoms with van der Waals surface area (Å²) >= 11 is 0. The van der Waals surface area contributed by atoms with Crippen molar-refractivity contribution in [2.75, 3.05) is 0 Å². The third kappa shape index (κ3) is 2.18. The smallest absolute Gasteiger partial charge is 0.277 e. The Bertz CT molecular complexity index is 963. The highest BCUT2D eigenvalue weighted by atomic mass is 16.6. The Labute approximate surface area is 116 Å². The Hall–Kier alpha value is -3.29. The van der Waals surface area contributed by atoms with E-state index in [9.17, 15) is 20.2 Å². The summed E-state index contributed by atoms with van der Waals surface area (Å²) in [5.74, 6) is 0. The van der Waals surface area contributed by atoms with Crippen molar-refractivity contribution in [2.24, 2.45) is 0 Å². The van der Waals surface area contributed by atoms with E-state index >= 15 is 0 Å². The molecule has 8 heteroatoms. The van der Waals surface area contributed by atoms with Gasteiger partial charge in [-0.25, -0.2) is 4.98 Å². The molecule has 0 saturated carbocycles. The van der Waals surface area contributed by atoms with E-state index in [1.165, 1.54) is 18.5 Å². The maximum absolute atomic E-state index is 10.3. The molecule has 0 atom stereocenters. The minimum atomic E-state index is -0.470. The van der Waals surface area contributed by atoms with Crippen LogP contribution in [0, 0.1) is 30.7 Å². The van der Waals surface area contributed by atoms with Gasteiger partial charge in [-0.15, -0.1) is 0 Å². The molecule has 21 heavy (non-hydrogen) atoms. The fourth-order valence-corrected chi connectivity index (χ4v) is 1.88. The average Bonchev–Trinajstić information content (AvgIpc) is 2.89. The van der Waals surface area contributed by atoms with Gasteiger partial charge in [0, 0.05) is 12.1 Å². The van der Waals surface area contributed by atoms with Gasteiger partial charge in [0.2, 0.25) is 0 Å². The Kier molecular flexibility index (Phi) is 2.83. The second-order valence-corrected chi connectivity index (χ2v) is 4.25. The molecule has 0 spiro atoms. The first-order chi connectivity index (χ1) is 10.1. The minimum absolute atomic E-state index is 0.0132. The first-order valence-corrected chi connectivity index (χ1v) is 5.83. The zero-order valence-corrected chi connectivity index (χ0v) is 10.4. The van der Waals surface area contributed by atoms with Crippen molar-refractivity contribution in [1.29, 1.82) is 0 Å². The first-order valence-electron chi connectivity index (χ1n) is 5.83. The highest BCUT2D eigenvalue weighted by molar-refractivity contribution is 5.74. The van der Waals surface area contributed by atoms with Crippen LogP contribution in [0.25, 0.3) is 11.1 Å². The van der Waals surface area contributed by atoms with E-state index in [0.29, 0.717) is 11.1 Å². The number of rotatable bonds is 2. The number of nitrogens with zero attached hydrogens (tertiary/aromatic N) is 3. The Morgan fingerprint density at radius 2 is 1.81 bits per heavy atom. The zero-order chi connectivity index (χ0) is 15.0. The van der Waals surface area contributed by atoms with Crippen LogP contribution in [0.5, 0.6) is 0 Å². The Morgan fingerprint density at radius 1 is 1.00 bits per heavy atom. The molecule has 0 bridgehead atoms. The van der Waals surface area contributed by atoms with E-state index < -0.39 is 4.92 Å². The van der Waals surface area contributed by atoms with Crippen LogP contribution in [-0.2, 0) is 0 Å². The van der Waals surface area contributed by atoms with E-state index in [1.54, 1.807) is 18.2 Å². The van der Waals surface area contributed by atoms with E-state index in [4.69, 9.17) is 4.42 Å². The molecular formula is C13H7N3O5. The summed E-state index contributed by atoms with van der Waals surface area (Å²) in [6, 6.07) is 9.50. The first kappa shape index (κ1) is 12.7. The molecular weight excluding hydrogens is 278 g/mol. The number of nitro benzene ring substituents is 2. The lowest BCUT2D eigenvalue weighted by Gasteiger charge is -2.01. The van der Waals surface area contributed by atoms with Gasteiger partial charge in [-0.2, -0.15) is 0 Å². The average molecular weight is 285 g/mol. The van der Waals surface area contributed by atoms with Gasteiger partial charge < -0.3 is 4.42 Å². The van der Waals surface area contributed by atoms with Gasteiger partial charge in [0.1, 0.15) is 5.52 Å². The molecule has 2 aromatic rings. The maximum Gasteiger partial charge on any atom is 0.277 e. The molecule has 0 N–H and O–H groups in total. The fourth-order valence-electron chi connectivity index (χ4n) is 1.88. The third-order valence-electron chi connectivity index (χ3n) is 3.03. The number of hydrogen-bond acceptors (Lipinski definition) is 6. The van der Waals surface area contributed by atoms with Crippen LogP contribution in [0.15, 0.2) is 47.2 Å². The minimum Gasteiger partial charge on any atom is -0.443 e. The summed E-state index contributed by atoms with van der Waals surface area (Å²) in [6.07, 6.45) is 1.26. The van der Waals surface area contributed by atoms with Crippen molar-refractivity contribution < 1.29 is 14.3 Å². The largest absolute Gasteiger partial charge is 0.443 e. The van der Waals surface area contributed by atoms with Gasteiger partial charge in [-0.1, -0.05) is 6.07 Å². The molecule has 2 aliphatic carbocycles. The summed E-state index contributed by atoms with van der Waals surface area (Å²) in [7, 11) is 0. The summed E-state index contributed by atoms with van der Waals surface area (Å²) in [5.41, 5.74) is 1.33. The van der Waals surface area contributed by atoms with Crippen molar-refractivity contribution in [3.8, 4) is 0 Å². The second-order valence-electron chi connectivity index (χ2n) is 4.25. The van der Waals surface area contributed by atoms with E-state index in [0.717, 1.165) is 10.4 Å². The standard InChI is InChI=1S/C7H4N2O3.C6H3NO2/c10-9(11)5-1-2-6-7(3-5)12-4-8-6;8-7(9)6-3-4-1-2-5(4)6/h1-4H;1-3H. The highest BCUT2D eigenvalue weighted by Gasteiger charge is 2.15. The van der Waals surface area contributed by atoms with Crippen molar-refractivity contribution in [3.63, 3.8) is 0 Å². The SMILES string of the molecule is O=[N+]([O-])c1cc2ccc1=2.O=[N+]([O-])c1ccc2ncoc2c1. The van der Waals surface area contributed by atoms with E-state index in [-0.39, 0.29) is 16.3 Å². The Balaban J connectivity index is 0.000000131. The molecule has 2 aliphatic rings. The van der Waals surface area contributed by atoms with Crippen molar-refractivity contribution in [1.82, 2.24) is 4.98 Å². The van der Waals surface area contributed by atoms with Crippen LogP contribution in [-0.4, -0.2) is 14.8 Å². The summed E-state index contributed by atoms with van der Waals surface area (Å²) in [6.45, 7) is 0. The maximum atomic E-state index is 10.3. The number of benzene rings is 2. The number of hydrogen-bond donors (Lipinski definition) is 0. The number of fused-ring (bicyclic) bond motifs is 1. The molecule has 8 nitrogen and oxygen atoms in total. The number of oxazole rings is 1. The van der Waals surface area contributed by atoms with Crippen LogP contribution in [0.1, 0.15) is 0 Å². The third-order valence-corrected chi connectivity index (χ3v) is 3.03. The molecule has 0 radical (unpaired) electrons. The number of non-ortho nitro benzene ring substituents is 2. The summed E-state index contributed by atoms with van der Waals surface area (Å²) in [5, 5.41) is 22.2. The normalized spacial score (nSPS) is 10.7. The number of nitro groups is 2. The fraction of sp³-hybridized carbons (Fsp3) is 0. The van der Waals surface area contributed by atoms with Gasteiger partial charge in [0.25, 0.3) is 11.4 Å². The quantitative estimate of drug-likeness (QED) is 0.413.